The SMILES string of the molecule is CN=C(NCC1CC1)NC1CCN(Cc2ccccc2)CC1.I. The first-order valence-corrected chi connectivity index (χ1v) is 8.57. The summed E-state index contributed by atoms with van der Waals surface area (Å²) in [4.78, 5) is 6.90. The highest BCUT2D eigenvalue weighted by Gasteiger charge is 2.23. The summed E-state index contributed by atoms with van der Waals surface area (Å²) in [6.45, 7) is 4.47. The van der Waals surface area contributed by atoms with Crippen LogP contribution < -0.4 is 10.6 Å². The molecule has 1 aromatic rings. The lowest BCUT2D eigenvalue weighted by molar-refractivity contribution is 0.198. The minimum atomic E-state index is 0. The Morgan fingerprint density at radius 3 is 2.43 bits per heavy atom. The number of aliphatic imine (C=N–C) groups is 1. The Morgan fingerprint density at radius 1 is 1.13 bits per heavy atom. The summed E-state index contributed by atoms with van der Waals surface area (Å²) in [6, 6.07) is 11.3. The Bertz CT molecular complexity index is 479. The minimum Gasteiger partial charge on any atom is -0.356 e. The minimum absolute atomic E-state index is 0. The first-order chi connectivity index (χ1) is 10.8. The Labute approximate surface area is 157 Å². The molecule has 5 heteroatoms. The second-order valence-corrected chi connectivity index (χ2v) is 6.58. The first kappa shape index (κ1) is 18.5. The Kier molecular flexibility index (Phi) is 7.62. The van der Waals surface area contributed by atoms with Gasteiger partial charge in [0.05, 0.1) is 0 Å². The second kappa shape index (κ2) is 9.47. The Balaban J connectivity index is 0.00000192. The maximum Gasteiger partial charge on any atom is 0.191 e. The van der Waals surface area contributed by atoms with Gasteiger partial charge in [0.25, 0.3) is 0 Å². The molecule has 2 fully saturated rings. The predicted octanol–water partition coefficient (Wildman–Crippen LogP) is 2.84. The third-order valence-electron chi connectivity index (χ3n) is 4.66. The number of benzene rings is 1. The van der Waals surface area contributed by atoms with Crippen molar-refractivity contribution in [1.82, 2.24) is 15.5 Å². The summed E-state index contributed by atoms with van der Waals surface area (Å²) >= 11 is 0. The molecule has 0 aromatic heterocycles. The molecule has 1 aliphatic carbocycles. The molecule has 0 spiro atoms. The molecule has 1 saturated heterocycles. The molecule has 4 nitrogen and oxygen atoms in total. The number of likely N-dealkylation sites (tertiary alicyclic amines) is 1. The van der Waals surface area contributed by atoms with Gasteiger partial charge in [0.2, 0.25) is 0 Å². The van der Waals surface area contributed by atoms with Gasteiger partial charge in [-0.3, -0.25) is 9.89 Å². The number of nitrogens with zero attached hydrogens (tertiary/aromatic N) is 2. The molecule has 1 aromatic carbocycles. The zero-order chi connectivity index (χ0) is 15.2. The molecule has 0 atom stereocenters. The molecule has 128 valence electrons. The molecule has 0 bridgehead atoms. The van der Waals surface area contributed by atoms with Gasteiger partial charge in [-0.25, -0.2) is 0 Å². The van der Waals surface area contributed by atoms with Crippen LogP contribution in [0.2, 0.25) is 0 Å². The fourth-order valence-electron chi connectivity index (χ4n) is 3.03. The van der Waals surface area contributed by atoms with Gasteiger partial charge in [0.15, 0.2) is 5.96 Å². The average Bonchev–Trinajstić information content (AvgIpc) is 3.38. The summed E-state index contributed by atoms with van der Waals surface area (Å²) in [7, 11) is 1.87. The van der Waals surface area contributed by atoms with Crippen molar-refractivity contribution in [1.29, 1.82) is 0 Å². The van der Waals surface area contributed by atoms with Gasteiger partial charge in [-0.1, -0.05) is 30.3 Å². The molecule has 1 aliphatic heterocycles. The van der Waals surface area contributed by atoms with Crippen LogP contribution in [-0.4, -0.2) is 43.6 Å². The van der Waals surface area contributed by atoms with Crippen LogP contribution in [0, 0.1) is 5.92 Å². The van der Waals surface area contributed by atoms with E-state index in [0.29, 0.717) is 6.04 Å². The van der Waals surface area contributed by atoms with Crippen molar-refractivity contribution in [3.05, 3.63) is 35.9 Å². The molecule has 2 N–H and O–H groups in total. The van der Waals surface area contributed by atoms with Crippen molar-refractivity contribution < 1.29 is 0 Å². The fraction of sp³-hybridized carbons (Fsp3) is 0.611. The number of guanidine groups is 1. The van der Waals surface area contributed by atoms with E-state index in [9.17, 15) is 0 Å². The van der Waals surface area contributed by atoms with Gasteiger partial charge in [-0.05, 0) is 37.2 Å². The van der Waals surface area contributed by atoms with Crippen molar-refractivity contribution in [2.45, 2.75) is 38.3 Å². The molecule has 3 rings (SSSR count). The molecule has 1 saturated carbocycles. The van der Waals surface area contributed by atoms with E-state index in [1.54, 1.807) is 0 Å². The predicted molar refractivity (Wildman–Crippen MR) is 107 cm³/mol. The van der Waals surface area contributed by atoms with Crippen LogP contribution in [0.4, 0.5) is 0 Å². The number of nitrogens with one attached hydrogen (secondary N) is 2. The summed E-state index contributed by atoms with van der Waals surface area (Å²) in [5.74, 6) is 1.86. The van der Waals surface area contributed by atoms with Gasteiger partial charge in [0, 0.05) is 39.3 Å². The van der Waals surface area contributed by atoms with E-state index in [1.807, 2.05) is 7.05 Å². The van der Waals surface area contributed by atoms with E-state index in [-0.39, 0.29) is 24.0 Å². The van der Waals surface area contributed by atoms with E-state index in [0.717, 1.165) is 38.1 Å². The highest BCUT2D eigenvalue weighted by molar-refractivity contribution is 14.0. The topological polar surface area (TPSA) is 39.7 Å². The lowest BCUT2D eigenvalue weighted by Gasteiger charge is -2.33. The third-order valence-corrected chi connectivity index (χ3v) is 4.66. The maximum absolute atomic E-state index is 4.35. The quantitative estimate of drug-likeness (QED) is 0.431. The van der Waals surface area contributed by atoms with Gasteiger partial charge in [-0.2, -0.15) is 0 Å². The van der Waals surface area contributed by atoms with Crippen LogP contribution in [0.3, 0.4) is 0 Å². The molecule has 2 aliphatic rings. The zero-order valence-electron chi connectivity index (χ0n) is 14.0. The summed E-state index contributed by atoms with van der Waals surface area (Å²) in [5.41, 5.74) is 1.41. The normalized spacial score (nSPS) is 20.0. The van der Waals surface area contributed by atoms with Gasteiger partial charge in [0.1, 0.15) is 0 Å². The van der Waals surface area contributed by atoms with Crippen LogP contribution in [0.25, 0.3) is 0 Å². The average molecular weight is 428 g/mol. The number of rotatable bonds is 5. The molecule has 1 heterocycles. The third kappa shape index (κ3) is 6.30. The highest BCUT2D eigenvalue weighted by Crippen LogP contribution is 2.27. The zero-order valence-corrected chi connectivity index (χ0v) is 16.3. The molecule has 0 unspecified atom stereocenters. The van der Waals surface area contributed by atoms with Crippen LogP contribution in [0.5, 0.6) is 0 Å². The van der Waals surface area contributed by atoms with E-state index in [2.05, 4.69) is 50.9 Å². The largest absolute Gasteiger partial charge is 0.356 e. The monoisotopic (exact) mass is 428 g/mol. The highest BCUT2D eigenvalue weighted by atomic mass is 127. The Morgan fingerprint density at radius 2 is 1.83 bits per heavy atom. The molecule has 0 amide bonds. The van der Waals surface area contributed by atoms with E-state index < -0.39 is 0 Å². The standard InChI is InChI=1S/C18H28N4.HI/c1-19-18(20-13-15-7-8-15)21-17-9-11-22(12-10-17)14-16-5-3-2-4-6-16;/h2-6,15,17H,7-14H2,1H3,(H2,19,20,21);1H. The summed E-state index contributed by atoms with van der Waals surface area (Å²) in [6.07, 6.45) is 5.14. The fourth-order valence-corrected chi connectivity index (χ4v) is 3.03. The van der Waals surface area contributed by atoms with Gasteiger partial charge >= 0.3 is 0 Å². The van der Waals surface area contributed by atoms with Crippen LogP contribution >= 0.6 is 24.0 Å². The van der Waals surface area contributed by atoms with Crippen molar-refractivity contribution in [2.75, 3.05) is 26.7 Å². The van der Waals surface area contributed by atoms with Crippen molar-refractivity contribution in [3.63, 3.8) is 0 Å². The maximum atomic E-state index is 4.35. The molecule has 23 heavy (non-hydrogen) atoms. The summed E-state index contributed by atoms with van der Waals surface area (Å²) in [5, 5.41) is 7.04. The van der Waals surface area contributed by atoms with E-state index >= 15 is 0 Å². The summed E-state index contributed by atoms with van der Waals surface area (Å²) < 4.78 is 0. The van der Waals surface area contributed by atoms with Crippen molar-refractivity contribution in [3.8, 4) is 0 Å². The van der Waals surface area contributed by atoms with E-state index in [4.69, 9.17) is 0 Å². The number of halogens is 1. The van der Waals surface area contributed by atoms with Crippen LogP contribution in [-0.2, 0) is 6.54 Å². The van der Waals surface area contributed by atoms with Gasteiger partial charge < -0.3 is 10.6 Å². The second-order valence-electron chi connectivity index (χ2n) is 6.58. The first-order valence-electron chi connectivity index (χ1n) is 8.57. The van der Waals surface area contributed by atoms with Gasteiger partial charge in [-0.15, -0.1) is 24.0 Å². The van der Waals surface area contributed by atoms with Crippen molar-refractivity contribution >= 4 is 29.9 Å². The van der Waals surface area contributed by atoms with E-state index in [1.165, 1.54) is 31.2 Å². The Hall–Kier alpha value is -0.820. The molecular weight excluding hydrogens is 399 g/mol. The smallest absolute Gasteiger partial charge is 0.191 e. The molecular formula is C18H29IN4. The lowest BCUT2D eigenvalue weighted by Crippen LogP contribution is -2.48. The molecule has 0 radical (unpaired) electrons. The number of hydrogen-bond acceptors (Lipinski definition) is 2. The lowest BCUT2D eigenvalue weighted by atomic mass is 10.0. The number of hydrogen-bond donors (Lipinski definition) is 2. The van der Waals surface area contributed by atoms with Crippen molar-refractivity contribution in [2.24, 2.45) is 10.9 Å². The number of piperidine rings is 1. The van der Waals surface area contributed by atoms with Crippen LogP contribution in [0.1, 0.15) is 31.2 Å². The van der Waals surface area contributed by atoms with Crippen LogP contribution in [0.15, 0.2) is 35.3 Å².